The lowest BCUT2D eigenvalue weighted by Crippen LogP contribution is -2.11. The van der Waals surface area contributed by atoms with Gasteiger partial charge in [-0.2, -0.15) is 0 Å². The normalized spacial score (nSPS) is 12.2. The van der Waals surface area contributed by atoms with E-state index >= 15 is 0 Å². The van der Waals surface area contributed by atoms with E-state index in [1.807, 2.05) is 48.6 Å². The van der Waals surface area contributed by atoms with Gasteiger partial charge in [0.15, 0.2) is 0 Å². The Bertz CT molecular complexity index is 3350. The van der Waals surface area contributed by atoms with E-state index in [-0.39, 0.29) is 22.7 Å². The molecule has 448 valence electrons. The van der Waals surface area contributed by atoms with Crippen molar-refractivity contribution in [1.82, 2.24) is 0 Å². The first kappa shape index (κ1) is 62.1. The van der Waals surface area contributed by atoms with Crippen LogP contribution in [0.3, 0.4) is 0 Å². The van der Waals surface area contributed by atoms with Crippen molar-refractivity contribution < 1.29 is 38.6 Å². The molecule has 1 aliphatic rings. The van der Waals surface area contributed by atoms with Crippen molar-refractivity contribution in [2.24, 2.45) is 0 Å². The van der Waals surface area contributed by atoms with E-state index in [0.717, 1.165) is 115 Å². The number of nitrogens with zero attached hydrogens (tertiary/aromatic N) is 4. The summed E-state index contributed by atoms with van der Waals surface area (Å²) < 4.78 is 27.8. The van der Waals surface area contributed by atoms with Crippen LogP contribution in [0.4, 0.5) is 22.7 Å². The SMILES string of the molecule is CCCOc1c2cc(/C=C\c3ccc([N+](=O)[O-])cc3)cc1Cc1cc(/C=C/c3ccc([N+](=O)[O-])cc3)cc(c1OCCC)Cc1cc(/C=C/c3ccc([N+](=O)[O-])cc3)cc(c1OCCC)Cc1cc(/C=C/c3ccc([N+](=O)[O-])cc3)cc(c1OCCC)C2. The Labute approximate surface area is 511 Å². The molecule has 9 rings (SSSR count). The molecule has 1 aliphatic carbocycles. The van der Waals surface area contributed by atoms with E-state index < -0.39 is 19.7 Å². The molecule has 0 saturated heterocycles. The van der Waals surface area contributed by atoms with E-state index in [1.165, 1.54) is 48.5 Å². The van der Waals surface area contributed by atoms with Gasteiger partial charge in [0.2, 0.25) is 0 Å². The van der Waals surface area contributed by atoms with Crippen LogP contribution in [-0.2, 0) is 25.7 Å². The summed E-state index contributed by atoms with van der Waals surface area (Å²) in [6.07, 6.45) is 20.0. The third-order valence-corrected chi connectivity index (χ3v) is 14.7. The van der Waals surface area contributed by atoms with Crippen LogP contribution in [0.25, 0.3) is 48.6 Å². The van der Waals surface area contributed by atoms with Gasteiger partial charge in [-0.05, 0) is 212 Å². The lowest BCUT2D eigenvalue weighted by molar-refractivity contribution is -0.385. The van der Waals surface area contributed by atoms with Gasteiger partial charge in [-0.3, -0.25) is 40.5 Å². The van der Waals surface area contributed by atoms with Crippen molar-refractivity contribution in [3.8, 4) is 23.0 Å². The highest BCUT2D eigenvalue weighted by Crippen LogP contribution is 2.42. The number of nitro groups is 4. The van der Waals surface area contributed by atoms with E-state index in [1.54, 1.807) is 48.5 Å². The van der Waals surface area contributed by atoms with Crippen LogP contribution in [0.1, 0.15) is 142 Å². The van der Waals surface area contributed by atoms with Crippen molar-refractivity contribution in [3.05, 3.63) is 275 Å². The molecule has 0 aromatic heterocycles. The molecule has 0 unspecified atom stereocenters. The first-order chi connectivity index (χ1) is 42.7. The standard InChI is InChI=1S/C72H68N4O12/c1-5-33-85-69-57-37-53(13-9-49-17-25-65(26-18-49)73(77)78)38-58(69)46-60-40-55(15-11-51-21-29-67(30-22-51)75(81)82)42-62(71(60)87-35-7-3)48-64-44-56(16-12-52-23-31-68(32-24-52)76(83)84)43-63(72(64)88-36-8-4)47-61-41-54(39-59(45-57)70(61)86-34-6-2)14-10-50-19-27-66(28-20-50)74(79)80/h9-32,37-44H,5-8,33-36,45-48H2,1-4H3/b13-9-,14-10+,15-11+,16-12+. The number of rotatable bonds is 24. The summed E-state index contributed by atoms with van der Waals surface area (Å²) >= 11 is 0. The van der Waals surface area contributed by atoms with E-state index in [2.05, 4.69) is 76.2 Å². The third-order valence-electron chi connectivity index (χ3n) is 14.7. The molecule has 16 heteroatoms. The van der Waals surface area contributed by atoms with Crippen LogP contribution >= 0.6 is 0 Å². The summed E-state index contributed by atoms with van der Waals surface area (Å²) in [5, 5.41) is 46.5. The maximum absolute atomic E-state index is 11.6. The van der Waals surface area contributed by atoms with Crippen molar-refractivity contribution in [1.29, 1.82) is 0 Å². The molecule has 0 fully saturated rings. The first-order valence-electron chi connectivity index (χ1n) is 29.5. The Morgan fingerprint density at radius 1 is 0.284 bits per heavy atom. The zero-order chi connectivity index (χ0) is 62.1. The second-order valence-electron chi connectivity index (χ2n) is 21.5. The molecule has 8 aromatic carbocycles. The van der Waals surface area contributed by atoms with Crippen LogP contribution in [0.15, 0.2) is 146 Å². The van der Waals surface area contributed by atoms with Gasteiger partial charge in [-0.25, -0.2) is 0 Å². The Hall–Kier alpha value is -10.5. The topological polar surface area (TPSA) is 209 Å². The zero-order valence-corrected chi connectivity index (χ0v) is 49.6. The molecule has 16 nitrogen and oxygen atoms in total. The zero-order valence-electron chi connectivity index (χ0n) is 49.6. The van der Waals surface area contributed by atoms with Crippen LogP contribution in [-0.4, -0.2) is 46.1 Å². The minimum Gasteiger partial charge on any atom is -0.493 e. The van der Waals surface area contributed by atoms with Crippen LogP contribution in [0.5, 0.6) is 23.0 Å². The van der Waals surface area contributed by atoms with Crippen molar-refractivity contribution in [3.63, 3.8) is 0 Å². The molecular weight excluding hydrogens is 1110 g/mol. The fourth-order valence-corrected chi connectivity index (χ4v) is 10.5. The van der Waals surface area contributed by atoms with Gasteiger partial charge < -0.3 is 18.9 Å². The second-order valence-corrected chi connectivity index (χ2v) is 21.5. The highest BCUT2D eigenvalue weighted by Gasteiger charge is 2.25. The van der Waals surface area contributed by atoms with Crippen molar-refractivity contribution in [2.45, 2.75) is 79.1 Å². The molecule has 0 spiro atoms. The minimum absolute atomic E-state index is 0.0109. The number of ether oxygens (including phenoxy) is 4. The molecule has 8 aromatic rings. The van der Waals surface area contributed by atoms with Crippen LogP contribution in [0.2, 0.25) is 0 Å². The van der Waals surface area contributed by atoms with E-state index in [0.29, 0.717) is 75.1 Å². The minimum atomic E-state index is -0.420. The summed E-state index contributed by atoms with van der Waals surface area (Å²) in [4.78, 5) is 44.9. The fraction of sp³-hybridized carbons (Fsp3) is 0.222. The number of benzene rings is 8. The Morgan fingerprint density at radius 3 is 0.591 bits per heavy atom. The maximum atomic E-state index is 11.6. The number of nitro benzene ring substituents is 4. The van der Waals surface area contributed by atoms with Gasteiger partial charge >= 0.3 is 0 Å². The average Bonchev–Trinajstić information content (AvgIpc) is 1.28. The number of hydrogen-bond donors (Lipinski definition) is 0. The highest BCUT2D eigenvalue weighted by molar-refractivity contribution is 5.77. The Morgan fingerprint density at radius 2 is 0.443 bits per heavy atom. The Kier molecular flexibility index (Phi) is 20.8. The average molecular weight is 1180 g/mol. The summed E-state index contributed by atoms with van der Waals surface area (Å²) in [5.41, 5.74) is 13.5. The lowest BCUT2D eigenvalue weighted by Gasteiger charge is -2.24. The first-order valence-corrected chi connectivity index (χ1v) is 29.5. The molecule has 0 aliphatic heterocycles. The number of non-ortho nitro benzene ring substituents is 4. The summed E-state index contributed by atoms with van der Waals surface area (Å²) in [6.45, 7) is 9.93. The molecule has 0 radical (unpaired) electrons. The highest BCUT2D eigenvalue weighted by atomic mass is 16.6. The quantitative estimate of drug-likeness (QED) is 0.0314. The maximum Gasteiger partial charge on any atom is 0.269 e. The predicted molar refractivity (Wildman–Crippen MR) is 348 cm³/mol. The van der Waals surface area contributed by atoms with Crippen LogP contribution < -0.4 is 18.9 Å². The van der Waals surface area contributed by atoms with Gasteiger partial charge in [-0.1, -0.05) is 76.3 Å². The Balaban J connectivity index is 1.34. The lowest BCUT2D eigenvalue weighted by atomic mass is 9.88. The summed E-state index contributed by atoms with van der Waals surface area (Å²) in [6, 6.07) is 42.6. The number of hydrogen-bond acceptors (Lipinski definition) is 12. The third kappa shape index (κ3) is 16.1. The smallest absolute Gasteiger partial charge is 0.269 e. The van der Waals surface area contributed by atoms with Gasteiger partial charge in [0.1, 0.15) is 23.0 Å². The monoisotopic (exact) mass is 1180 g/mol. The van der Waals surface area contributed by atoms with Crippen molar-refractivity contribution >= 4 is 71.4 Å². The molecule has 0 amide bonds. The fourth-order valence-electron chi connectivity index (χ4n) is 10.5. The van der Waals surface area contributed by atoms with Gasteiger partial charge in [0.05, 0.1) is 46.1 Å². The molecule has 0 saturated carbocycles. The molecule has 0 atom stereocenters. The predicted octanol–water partition coefficient (Wildman–Crippen LogP) is 17.8. The van der Waals surface area contributed by atoms with E-state index in [4.69, 9.17) is 18.9 Å². The van der Waals surface area contributed by atoms with Gasteiger partial charge in [0, 0.05) is 74.2 Å². The number of fused-ring (bicyclic) bond motifs is 8. The second kappa shape index (κ2) is 29.6. The molecular formula is C72H68N4O12. The van der Waals surface area contributed by atoms with Gasteiger partial charge in [0.25, 0.3) is 22.7 Å². The van der Waals surface area contributed by atoms with Crippen LogP contribution in [0, 0.1) is 40.5 Å². The summed E-state index contributed by atoms with van der Waals surface area (Å²) in [5.74, 6) is 2.82. The molecule has 0 N–H and O–H groups in total. The largest absolute Gasteiger partial charge is 0.493 e. The molecule has 88 heavy (non-hydrogen) atoms. The van der Waals surface area contributed by atoms with Crippen molar-refractivity contribution in [2.75, 3.05) is 26.4 Å². The molecule has 8 bridgehead atoms. The van der Waals surface area contributed by atoms with Gasteiger partial charge in [-0.15, -0.1) is 0 Å². The molecule has 0 heterocycles. The summed E-state index contributed by atoms with van der Waals surface area (Å²) in [7, 11) is 0. The van der Waals surface area contributed by atoms with E-state index in [9.17, 15) is 40.5 Å².